The van der Waals surface area contributed by atoms with Gasteiger partial charge in [0, 0.05) is 23.9 Å². The SMILES string of the molecule is NC1C(=O)Nc2cc(OCC3CCCCO3)ccc21. The molecule has 102 valence electrons. The van der Waals surface area contributed by atoms with Gasteiger partial charge in [-0.25, -0.2) is 0 Å². The zero-order chi connectivity index (χ0) is 13.2. The molecule has 1 fully saturated rings. The molecule has 2 unspecified atom stereocenters. The highest BCUT2D eigenvalue weighted by Crippen LogP contribution is 2.32. The smallest absolute Gasteiger partial charge is 0.245 e. The predicted octanol–water partition coefficient (Wildman–Crippen LogP) is 1.59. The molecule has 1 saturated heterocycles. The Balaban J connectivity index is 1.63. The molecule has 2 aliphatic rings. The highest BCUT2D eigenvalue weighted by molar-refractivity contribution is 6.02. The van der Waals surface area contributed by atoms with Gasteiger partial charge in [0.2, 0.25) is 5.91 Å². The first kappa shape index (κ1) is 12.4. The van der Waals surface area contributed by atoms with Gasteiger partial charge in [0.05, 0.1) is 6.10 Å². The molecule has 19 heavy (non-hydrogen) atoms. The number of hydrogen-bond donors (Lipinski definition) is 2. The molecule has 5 nitrogen and oxygen atoms in total. The largest absolute Gasteiger partial charge is 0.491 e. The van der Waals surface area contributed by atoms with E-state index in [4.69, 9.17) is 15.2 Å². The summed E-state index contributed by atoms with van der Waals surface area (Å²) < 4.78 is 11.3. The Labute approximate surface area is 112 Å². The quantitative estimate of drug-likeness (QED) is 0.867. The molecular formula is C14H18N2O3. The molecule has 1 aromatic rings. The van der Waals surface area contributed by atoms with Crippen molar-refractivity contribution in [1.82, 2.24) is 0 Å². The second kappa shape index (κ2) is 5.19. The summed E-state index contributed by atoms with van der Waals surface area (Å²) >= 11 is 0. The molecule has 2 atom stereocenters. The van der Waals surface area contributed by atoms with Crippen LogP contribution < -0.4 is 15.8 Å². The molecule has 0 saturated carbocycles. The molecule has 2 heterocycles. The van der Waals surface area contributed by atoms with E-state index in [2.05, 4.69) is 5.32 Å². The van der Waals surface area contributed by atoms with Crippen LogP contribution in [0.1, 0.15) is 30.9 Å². The van der Waals surface area contributed by atoms with Gasteiger partial charge in [-0.3, -0.25) is 4.79 Å². The molecule has 0 aromatic heterocycles. The predicted molar refractivity (Wildman–Crippen MR) is 71.1 cm³/mol. The lowest BCUT2D eigenvalue weighted by Crippen LogP contribution is -2.25. The Bertz CT molecular complexity index is 484. The van der Waals surface area contributed by atoms with Crippen molar-refractivity contribution in [2.75, 3.05) is 18.5 Å². The number of rotatable bonds is 3. The van der Waals surface area contributed by atoms with Crippen molar-refractivity contribution in [3.63, 3.8) is 0 Å². The number of ether oxygens (including phenoxy) is 2. The molecule has 0 bridgehead atoms. The van der Waals surface area contributed by atoms with E-state index in [-0.39, 0.29) is 12.0 Å². The molecule has 0 radical (unpaired) electrons. The van der Waals surface area contributed by atoms with Gasteiger partial charge in [-0.2, -0.15) is 0 Å². The summed E-state index contributed by atoms with van der Waals surface area (Å²) in [6.45, 7) is 1.38. The summed E-state index contributed by atoms with van der Waals surface area (Å²) in [5, 5.41) is 2.75. The number of fused-ring (bicyclic) bond motifs is 1. The molecule has 2 aliphatic heterocycles. The van der Waals surface area contributed by atoms with Crippen molar-refractivity contribution in [3.8, 4) is 5.75 Å². The van der Waals surface area contributed by atoms with E-state index in [0.717, 1.165) is 36.4 Å². The Morgan fingerprint density at radius 1 is 1.42 bits per heavy atom. The number of carbonyl (C=O) groups excluding carboxylic acids is 1. The summed E-state index contributed by atoms with van der Waals surface area (Å²) in [7, 11) is 0. The van der Waals surface area contributed by atoms with E-state index >= 15 is 0 Å². The third-order valence-corrected chi connectivity index (χ3v) is 3.61. The Hall–Kier alpha value is -1.59. The lowest BCUT2D eigenvalue weighted by Gasteiger charge is -2.22. The standard InChI is InChI=1S/C14H18N2O3/c15-13-11-5-4-9(7-12(11)16-14(13)17)19-8-10-3-1-2-6-18-10/h4-5,7,10,13H,1-3,6,8,15H2,(H,16,17). The molecular weight excluding hydrogens is 244 g/mol. The second-order valence-electron chi connectivity index (χ2n) is 5.02. The van der Waals surface area contributed by atoms with Gasteiger partial charge < -0.3 is 20.5 Å². The fourth-order valence-corrected chi connectivity index (χ4v) is 2.48. The second-order valence-corrected chi connectivity index (χ2v) is 5.02. The Morgan fingerprint density at radius 3 is 3.11 bits per heavy atom. The van der Waals surface area contributed by atoms with Crippen LogP contribution in [0.15, 0.2) is 18.2 Å². The van der Waals surface area contributed by atoms with Crippen molar-refractivity contribution in [1.29, 1.82) is 0 Å². The number of amides is 1. The molecule has 3 rings (SSSR count). The van der Waals surface area contributed by atoms with Gasteiger partial charge in [0.1, 0.15) is 18.4 Å². The number of anilines is 1. The summed E-state index contributed by atoms with van der Waals surface area (Å²) in [5.74, 6) is 0.574. The Morgan fingerprint density at radius 2 is 2.32 bits per heavy atom. The topological polar surface area (TPSA) is 73.6 Å². The maximum absolute atomic E-state index is 11.5. The van der Waals surface area contributed by atoms with E-state index in [1.165, 1.54) is 6.42 Å². The third-order valence-electron chi connectivity index (χ3n) is 3.61. The number of carbonyl (C=O) groups is 1. The van der Waals surface area contributed by atoms with Crippen LogP contribution in [-0.2, 0) is 9.53 Å². The monoisotopic (exact) mass is 262 g/mol. The van der Waals surface area contributed by atoms with E-state index in [0.29, 0.717) is 6.61 Å². The van der Waals surface area contributed by atoms with Crippen LogP contribution in [0.5, 0.6) is 5.75 Å². The van der Waals surface area contributed by atoms with Crippen molar-refractivity contribution in [3.05, 3.63) is 23.8 Å². The van der Waals surface area contributed by atoms with Crippen LogP contribution in [0.4, 0.5) is 5.69 Å². The van der Waals surface area contributed by atoms with E-state index < -0.39 is 6.04 Å². The van der Waals surface area contributed by atoms with Crippen LogP contribution in [0.2, 0.25) is 0 Å². The molecule has 0 aliphatic carbocycles. The maximum Gasteiger partial charge on any atom is 0.245 e. The molecule has 5 heteroatoms. The average molecular weight is 262 g/mol. The van der Waals surface area contributed by atoms with Crippen LogP contribution in [0.3, 0.4) is 0 Å². The first-order valence-electron chi connectivity index (χ1n) is 6.69. The normalized spacial score (nSPS) is 25.8. The Kier molecular flexibility index (Phi) is 3.40. The highest BCUT2D eigenvalue weighted by Gasteiger charge is 2.27. The van der Waals surface area contributed by atoms with Crippen LogP contribution in [0.25, 0.3) is 0 Å². The highest BCUT2D eigenvalue weighted by atomic mass is 16.5. The molecule has 0 spiro atoms. The summed E-state index contributed by atoms with van der Waals surface area (Å²) in [5.41, 5.74) is 7.33. The van der Waals surface area contributed by atoms with Crippen molar-refractivity contribution in [2.24, 2.45) is 5.73 Å². The minimum Gasteiger partial charge on any atom is -0.491 e. The van der Waals surface area contributed by atoms with E-state index in [1.807, 2.05) is 18.2 Å². The number of benzene rings is 1. The van der Waals surface area contributed by atoms with E-state index in [9.17, 15) is 4.79 Å². The molecule has 1 amide bonds. The first-order valence-corrected chi connectivity index (χ1v) is 6.69. The van der Waals surface area contributed by atoms with E-state index in [1.54, 1.807) is 0 Å². The summed E-state index contributed by atoms with van der Waals surface area (Å²) in [4.78, 5) is 11.5. The van der Waals surface area contributed by atoms with Crippen molar-refractivity contribution in [2.45, 2.75) is 31.4 Å². The number of nitrogens with one attached hydrogen (secondary N) is 1. The minimum absolute atomic E-state index is 0.164. The van der Waals surface area contributed by atoms with Crippen molar-refractivity contribution < 1.29 is 14.3 Å². The number of nitrogens with two attached hydrogens (primary N) is 1. The summed E-state index contributed by atoms with van der Waals surface area (Å²) in [6.07, 6.45) is 3.56. The lowest BCUT2D eigenvalue weighted by atomic mass is 10.1. The van der Waals surface area contributed by atoms with Crippen LogP contribution in [-0.4, -0.2) is 25.2 Å². The lowest BCUT2D eigenvalue weighted by molar-refractivity contribution is -0.116. The zero-order valence-electron chi connectivity index (χ0n) is 10.7. The fourth-order valence-electron chi connectivity index (χ4n) is 2.48. The average Bonchev–Trinajstić information content (AvgIpc) is 2.73. The number of hydrogen-bond acceptors (Lipinski definition) is 4. The third kappa shape index (κ3) is 2.57. The van der Waals surface area contributed by atoms with Gasteiger partial charge in [0.15, 0.2) is 0 Å². The van der Waals surface area contributed by atoms with Gasteiger partial charge in [0.25, 0.3) is 0 Å². The molecule has 3 N–H and O–H groups in total. The van der Waals surface area contributed by atoms with Gasteiger partial charge in [-0.05, 0) is 25.3 Å². The molecule has 1 aromatic carbocycles. The van der Waals surface area contributed by atoms with Gasteiger partial charge in [-0.1, -0.05) is 6.07 Å². The van der Waals surface area contributed by atoms with Crippen LogP contribution in [0, 0.1) is 0 Å². The van der Waals surface area contributed by atoms with Gasteiger partial charge >= 0.3 is 0 Å². The maximum atomic E-state index is 11.5. The first-order chi connectivity index (χ1) is 9.24. The zero-order valence-corrected chi connectivity index (χ0v) is 10.7. The van der Waals surface area contributed by atoms with Crippen molar-refractivity contribution >= 4 is 11.6 Å². The van der Waals surface area contributed by atoms with Crippen LogP contribution >= 0.6 is 0 Å². The van der Waals surface area contributed by atoms with Gasteiger partial charge in [-0.15, -0.1) is 0 Å². The summed E-state index contributed by atoms with van der Waals surface area (Å²) in [6, 6.07) is 4.95. The fraction of sp³-hybridized carbons (Fsp3) is 0.500. The minimum atomic E-state index is -0.564.